The van der Waals surface area contributed by atoms with Crippen molar-refractivity contribution in [2.24, 2.45) is 0 Å². The Morgan fingerprint density at radius 3 is 1.73 bits per heavy atom. The summed E-state index contributed by atoms with van der Waals surface area (Å²) in [4.78, 5) is 0. The maximum atomic E-state index is 13.8. The smallest absolute Gasteiger partial charge is 0.232 e. The zero-order valence-corrected chi connectivity index (χ0v) is 17.8. The van der Waals surface area contributed by atoms with Gasteiger partial charge in [-0.1, -0.05) is 66.7 Å². The average Bonchev–Trinajstić information content (AvgIpc) is 3.17. The summed E-state index contributed by atoms with van der Waals surface area (Å²) in [7, 11) is 0. The second kappa shape index (κ2) is 7.61. The van der Waals surface area contributed by atoms with E-state index in [0.29, 0.717) is 29.2 Å². The lowest BCUT2D eigenvalue weighted by Gasteiger charge is -2.22. The van der Waals surface area contributed by atoms with E-state index in [0.717, 1.165) is 42.9 Å². The van der Waals surface area contributed by atoms with Gasteiger partial charge in [0.1, 0.15) is 0 Å². The Bertz CT molecular complexity index is 1480. The van der Waals surface area contributed by atoms with Crippen molar-refractivity contribution in [2.45, 2.75) is 6.42 Å². The summed E-state index contributed by atoms with van der Waals surface area (Å²) in [6.07, 6.45) is 0.562. The first-order chi connectivity index (χ1) is 16.2. The number of rotatable bonds is 2. The van der Waals surface area contributed by atoms with Gasteiger partial charge in [-0.25, -0.2) is 0 Å². The number of allylic oxidation sites excluding steroid dienone is 2. The molecular formula is C29H20N2O2. The molecule has 0 bridgehead atoms. The predicted molar refractivity (Wildman–Crippen MR) is 131 cm³/mol. The van der Waals surface area contributed by atoms with Gasteiger partial charge in [-0.05, 0) is 30.3 Å². The lowest BCUT2D eigenvalue weighted by molar-refractivity contribution is -0.362. The van der Waals surface area contributed by atoms with E-state index in [2.05, 4.69) is 0 Å². The number of hydrogen-bond donors (Lipinski definition) is 0. The number of hydrogen-bond acceptors (Lipinski definition) is 2. The molecule has 4 aromatic rings. The molecule has 0 spiro atoms. The second-order valence-electron chi connectivity index (χ2n) is 8.19. The van der Waals surface area contributed by atoms with Crippen molar-refractivity contribution in [3.63, 3.8) is 0 Å². The summed E-state index contributed by atoms with van der Waals surface area (Å²) in [5, 5.41) is 27.3. The molecule has 0 unspecified atom stereocenters. The Labute approximate surface area is 191 Å². The van der Waals surface area contributed by atoms with Crippen molar-refractivity contribution in [3.8, 4) is 0 Å². The van der Waals surface area contributed by atoms with Crippen molar-refractivity contribution in [1.82, 2.24) is 0 Å². The van der Waals surface area contributed by atoms with E-state index in [1.54, 1.807) is 0 Å². The molecule has 0 atom stereocenters. The standard InChI is InChI=1S/C29H20N2O2/c32-30-25-17-9-7-15-22(25)19-24(28(30)20-11-3-1-4-12-20)27-23-16-8-10-18-26(23)31(33)29(27)21-13-5-2-6-14-21/h1-18H,19H2/b27-24+. The molecule has 0 radical (unpaired) electrons. The zero-order valence-electron chi connectivity index (χ0n) is 17.8. The second-order valence-corrected chi connectivity index (χ2v) is 8.19. The Kier molecular flexibility index (Phi) is 4.44. The highest BCUT2D eigenvalue weighted by Gasteiger charge is 2.40. The predicted octanol–water partition coefficient (Wildman–Crippen LogP) is 5.97. The molecule has 6 rings (SSSR count). The highest BCUT2D eigenvalue weighted by Crippen LogP contribution is 2.42. The first-order valence-electron chi connectivity index (χ1n) is 10.9. The molecule has 4 nitrogen and oxygen atoms in total. The number of para-hydroxylation sites is 2. The topological polar surface area (TPSA) is 52.1 Å². The van der Waals surface area contributed by atoms with Gasteiger partial charge in [-0.3, -0.25) is 0 Å². The molecule has 4 aromatic carbocycles. The molecule has 0 saturated heterocycles. The van der Waals surface area contributed by atoms with E-state index in [9.17, 15) is 10.4 Å². The first-order valence-corrected chi connectivity index (χ1v) is 10.9. The van der Waals surface area contributed by atoms with Crippen LogP contribution in [0.5, 0.6) is 0 Å². The molecule has 0 saturated carbocycles. The van der Waals surface area contributed by atoms with E-state index in [1.165, 1.54) is 0 Å². The van der Waals surface area contributed by atoms with Crippen molar-refractivity contribution in [2.75, 3.05) is 0 Å². The Balaban J connectivity index is 1.73. The van der Waals surface area contributed by atoms with Gasteiger partial charge in [0.15, 0.2) is 0 Å². The summed E-state index contributed by atoms with van der Waals surface area (Å²) in [5.41, 5.74) is 7.55. The van der Waals surface area contributed by atoms with Gasteiger partial charge in [-0.2, -0.15) is 9.48 Å². The summed E-state index contributed by atoms with van der Waals surface area (Å²) >= 11 is 0. The number of fused-ring (bicyclic) bond motifs is 2. The van der Waals surface area contributed by atoms with Crippen LogP contribution in [0.15, 0.2) is 115 Å². The van der Waals surface area contributed by atoms with E-state index >= 15 is 0 Å². The number of nitrogens with zero attached hydrogens (tertiary/aromatic N) is 2. The zero-order chi connectivity index (χ0) is 22.4. The molecule has 2 aliphatic rings. The van der Waals surface area contributed by atoms with Crippen LogP contribution in [0.1, 0.15) is 22.3 Å². The molecule has 0 amide bonds. The fourth-order valence-electron chi connectivity index (χ4n) is 4.84. The van der Waals surface area contributed by atoms with E-state index in [4.69, 9.17) is 0 Å². The van der Waals surface area contributed by atoms with Crippen LogP contribution in [0.25, 0.3) is 5.57 Å². The molecule has 0 N–H and O–H groups in total. The third-order valence-corrected chi connectivity index (χ3v) is 6.29. The van der Waals surface area contributed by atoms with Crippen LogP contribution in [0.2, 0.25) is 0 Å². The highest BCUT2D eigenvalue weighted by atomic mass is 16.5. The SMILES string of the molecule is [O-][N+]1=C(c2ccccc2)/C(=C2/C(c3ccccc3)=[N+]([O-])c3ccccc32)Cc2ccccc21. The molecule has 0 fully saturated rings. The van der Waals surface area contributed by atoms with Gasteiger partial charge in [0.2, 0.25) is 22.8 Å². The van der Waals surface area contributed by atoms with Crippen molar-refractivity contribution in [1.29, 1.82) is 0 Å². The van der Waals surface area contributed by atoms with Crippen LogP contribution in [0.4, 0.5) is 11.4 Å². The molecule has 0 aromatic heterocycles. The Hall–Kier alpha value is -4.44. The molecular weight excluding hydrogens is 408 g/mol. The average molecular weight is 428 g/mol. The van der Waals surface area contributed by atoms with Crippen molar-refractivity contribution >= 4 is 28.4 Å². The molecule has 4 heteroatoms. The normalized spacial score (nSPS) is 17.2. The van der Waals surface area contributed by atoms with E-state index in [1.807, 2.05) is 109 Å². The Morgan fingerprint density at radius 2 is 1.03 bits per heavy atom. The fourth-order valence-corrected chi connectivity index (χ4v) is 4.84. The van der Waals surface area contributed by atoms with Gasteiger partial charge in [0.05, 0.1) is 11.1 Å². The van der Waals surface area contributed by atoms with Gasteiger partial charge in [0.25, 0.3) is 0 Å². The lowest BCUT2D eigenvalue weighted by Crippen LogP contribution is -2.25. The van der Waals surface area contributed by atoms with Gasteiger partial charge in [0, 0.05) is 40.8 Å². The minimum absolute atomic E-state index is 0.562. The molecule has 2 aliphatic heterocycles. The first kappa shape index (κ1) is 19.3. The Morgan fingerprint density at radius 1 is 0.515 bits per heavy atom. The summed E-state index contributed by atoms with van der Waals surface area (Å²) in [5.74, 6) is 0. The quantitative estimate of drug-likeness (QED) is 0.292. The fraction of sp³-hybridized carbons (Fsp3) is 0.0345. The third kappa shape index (κ3) is 2.99. The van der Waals surface area contributed by atoms with Crippen LogP contribution in [-0.4, -0.2) is 20.9 Å². The molecule has 2 heterocycles. The monoisotopic (exact) mass is 428 g/mol. The van der Waals surface area contributed by atoms with E-state index in [-0.39, 0.29) is 0 Å². The maximum absolute atomic E-state index is 13.8. The van der Waals surface area contributed by atoms with Crippen LogP contribution in [0, 0.1) is 10.4 Å². The van der Waals surface area contributed by atoms with Crippen molar-refractivity contribution in [3.05, 3.63) is 147 Å². The maximum Gasteiger partial charge on any atom is 0.232 e. The summed E-state index contributed by atoms with van der Waals surface area (Å²) in [6, 6.07) is 34.7. The van der Waals surface area contributed by atoms with Crippen molar-refractivity contribution < 1.29 is 9.48 Å². The van der Waals surface area contributed by atoms with Crippen LogP contribution in [0.3, 0.4) is 0 Å². The largest absolute Gasteiger partial charge is 0.618 e. The highest BCUT2D eigenvalue weighted by molar-refractivity contribution is 6.37. The number of benzene rings is 4. The molecule has 0 aliphatic carbocycles. The van der Waals surface area contributed by atoms with Gasteiger partial charge < -0.3 is 10.4 Å². The van der Waals surface area contributed by atoms with Gasteiger partial charge in [-0.15, -0.1) is 0 Å². The van der Waals surface area contributed by atoms with Crippen LogP contribution < -0.4 is 0 Å². The molecule has 158 valence electrons. The lowest BCUT2D eigenvalue weighted by atomic mass is 9.84. The third-order valence-electron chi connectivity index (χ3n) is 6.29. The van der Waals surface area contributed by atoms with E-state index < -0.39 is 0 Å². The van der Waals surface area contributed by atoms with Gasteiger partial charge >= 0.3 is 0 Å². The summed E-state index contributed by atoms with van der Waals surface area (Å²) in [6.45, 7) is 0. The molecule has 33 heavy (non-hydrogen) atoms. The minimum atomic E-state index is 0.562. The van der Waals surface area contributed by atoms with Crippen LogP contribution in [-0.2, 0) is 6.42 Å². The summed E-state index contributed by atoms with van der Waals surface area (Å²) < 4.78 is 2.03. The van der Waals surface area contributed by atoms with Crippen LogP contribution >= 0.6 is 0 Å². The minimum Gasteiger partial charge on any atom is -0.618 e.